The molecule has 3 heterocycles. The smallest absolute Gasteiger partial charge is 0.191 e. The van der Waals surface area contributed by atoms with Crippen molar-refractivity contribution in [3.63, 3.8) is 0 Å². The van der Waals surface area contributed by atoms with E-state index in [1.54, 1.807) is 17.9 Å². The van der Waals surface area contributed by atoms with E-state index < -0.39 is 0 Å². The predicted molar refractivity (Wildman–Crippen MR) is 108 cm³/mol. The molecule has 0 spiro atoms. The van der Waals surface area contributed by atoms with Crippen LogP contribution in [-0.2, 0) is 26.4 Å². The van der Waals surface area contributed by atoms with Gasteiger partial charge in [0.25, 0.3) is 0 Å². The summed E-state index contributed by atoms with van der Waals surface area (Å²) in [5.41, 5.74) is 2.91. The van der Waals surface area contributed by atoms with Crippen molar-refractivity contribution in [2.45, 2.75) is 33.2 Å². The molecule has 0 unspecified atom stereocenters. The number of guanidine groups is 1. The lowest BCUT2D eigenvalue weighted by Crippen LogP contribution is -2.39. The van der Waals surface area contributed by atoms with E-state index in [1.165, 1.54) is 6.33 Å². The molecule has 0 radical (unpaired) electrons. The van der Waals surface area contributed by atoms with Crippen LogP contribution in [0, 0.1) is 0 Å². The van der Waals surface area contributed by atoms with Crippen molar-refractivity contribution in [3.05, 3.63) is 29.5 Å². The molecule has 0 atom stereocenters. The minimum absolute atomic E-state index is 0.630. The van der Waals surface area contributed by atoms with Crippen molar-refractivity contribution in [3.8, 4) is 0 Å². The molecule has 3 aromatic rings. The van der Waals surface area contributed by atoms with E-state index in [0.29, 0.717) is 19.6 Å². The van der Waals surface area contributed by atoms with Crippen LogP contribution >= 0.6 is 0 Å². The summed E-state index contributed by atoms with van der Waals surface area (Å²) in [6.45, 7) is 6.12. The van der Waals surface area contributed by atoms with Crippen LogP contribution in [0.25, 0.3) is 11.0 Å². The molecule has 150 valence electrons. The van der Waals surface area contributed by atoms with E-state index in [1.807, 2.05) is 7.05 Å². The average molecular weight is 385 g/mol. The van der Waals surface area contributed by atoms with Crippen LogP contribution in [0.15, 0.2) is 22.0 Å². The first-order chi connectivity index (χ1) is 13.7. The fraction of sp³-hybridized carbons (Fsp3) is 0.500. The Labute approximate surface area is 163 Å². The summed E-state index contributed by atoms with van der Waals surface area (Å²) in [7, 11) is 3.61. The standard InChI is InChI=1S/C18H27N9O/c1-5-14-12(15(6-2)28-26-14)9-22-18(19-3)21-8-7-20-16-13-10-25-27(4)17(13)24-11-23-16/h10-11H,5-9H2,1-4H3,(H2,19,21,22)(H,20,23,24). The van der Waals surface area contributed by atoms with E-state index in [4.69, 9.17) is 4.52 Å². The van der Waals surface area contributed by atoms with E-state index >= 15 is 0 Å². The number of fused-ring (bicyclic) bond motifs is 1. The topological polar surface area (TPSA) is 118 Å². The normalized spacial score (nSPS) is 11.8. The third kappa shape index (κ3) is 4.21. The Hall–Kier alpha value is -3.17. The van der Waals surface area contributed by atoms with Gasteiger partial charge in [0, 0.05) is 45.7 Å². The fourth-order valence-electron chi connectivity index (χ4n) is 3.00. The highest BCUT2D eigenvalue weighted by atomic mass is 16.5. The first-order valence-corrected chi connectivity index (χ1v) is 9.45. The van der Waals surface area contributed by atoms with Crippen molar-refractivity contribution >= 4 is 22.8 Å². The summed E-state index contributed by atoms with van der Waals surface area (Å²) in [5.74, 6) is 2.42. The molecular formula is C18H27N9O. The number of aliphatic imine (C=N–C) groups is 1. The molecule has 10 heteroatoms. The molecule has 0 bridgehead atoms. The highest BCUT2D eigenvalue weighted by molar-refractivity contribution is 5.86. The van der Waals surface area contributed by atoms with Gasteiger partial charge >= 0.3 is 0 Å². The SMILES string of the molecule is CCc1noc(CC)c1CNC(=NC)NCCNc1ncnc2c1cnn2C. The number of rotatable bonds is 8. The van der Waals surface area contributed by atoms with Crippen LogP contribution in [0.3, 0.4) is 0 Å². The molecular weight excluding hydrogens is 358 g/mol. The van der Waals surface area contributed by atoms with Crippen molar-refractivity contribution in [1.29, 1.82) is 0 Å². The highest BCUT2D eigenvalue weighted by Crippen LogP contribution is 2.17. The van der Waals surface area contributed by atoms with Crippen molar-refractivity contribution in [1.82, 2.24) is 35.5 Å². The van der Waals surface area contributed by atoms with E-state index in [-0.39, 0.29) is 0 Å². The molecule has 10 nitrogen and oxygen atoms in total. The molecule has 3 N–H and O–H groups in total. The van der Waals surface area contributed by atoms with Gasteiger partial charge in [-0.3, -0.25) is 9.67 Å². The molecule has 0 fully saturated rings. The summed E-state index contributed by atoms with van der Waals surface area (Å²) >= 11 is 0. The first kappa shape index (κ1) is 19.6. The Bertz CT molecular complexity index is 922. The highest BCUT2D eigenvalue weighted by Gasteiger charge is 2.13. The second-order valence-electron chi connectivity index (χ2n) is 6.25. The zero-order valence-corrected chi connectivity index (χ0v) is 16.8. The first-order valence-electron chi connectivity index (χ1n) is 9.45. The summed E-state index contributed by atoms with van der Waals surface area (Å²) in [5, 5.41) is 19.2. The minimum Gasteiger partial charge on any atom is -0.368 e. The Morgan fingerprint density at radius 2 is 2.04 bits per heavy atom. The van der Waals surface area contributed by atoms with Gasteiger partial charge < -0.3 is 20.5 Å². The molecule has 0 saturated heterocycles. The maximum atomic E-state index is 5.41. The Balaban J connectivity index is 1.50. The number of nitrogens with zero attached hydrogens (tertiary/aromatic N) is 6. The minimum atomic E-state index is 0.630. The molecule has 3 rings (SSSR count). The Morgan fingerprint density at radius 3 is 2.79 bits per heavy atom. The molecule has 0 aliphatic heterocycles. The maximum absolute atomic E-state index is 5.41. The van der Waals surface area contributed by atoms with Gasteiger partial charge in [-0.15, -0.1) is 0 Å². The van der Waals surface area contributed by atoms with Gasteiger partial charge in [0.1, 0.15) is 17.9 Å². The molecule has 0 aliphatic rings. The zero-order chi connectivity index (χ0) is 19.9. The number of hydrogen-bond acceptors (Lipinski definition) is 7. The Morgan fingerprint density at radius 1 is 1.18 bits per heavy atom. The van der Waals surface area contributed by atoms with Crippen LogP contribution in [0.4, 0.5) is 5.82 Å². The second-order valence-corrected chi connectivity index (χ2v) is 6.25. The van der Waals surface area contributed by atoms with Gasteiger partial charge in [0.05, 0.1) is 17.3 Å². The van der Waals surface area contributed by atoms with Crippen LogP contribution in [0.2, 0.25) is 0 Å². The summed E-state index contributed by atoms with van der Waals surface area (Å²) < 4.78 is 7.14. The summed E-state index contributed by atoms with van der Waals surface area (Å²) in [6, 6.07) is 0. The van der Waals surface area contributed by atoms with Crippen LogP contribution in [0.1, 0.15) is 30.9 Å². The van der Waals surface area contributed by atoms with Gasteiger partial charge in [0.15, 0.2) is 11.6 Å². The number of aromatic nitrogens is 5. The van der Waals surface area contributed by atoms with E-state index in [0.717, 1.165) is 52.7 Å². The molecule has 3 aromatic heterocycles. The lowest BCUT2D eigenvalue weighted by molar-refractivity contribution is 0.380. The van der Waals surface area contributed by atoms with E-state index in [9.17, 15) is 0 Å². The monoisotopic (exact) mass is 385 g/mol. The quantitative estimate of drug-likeness (QED) is 0.301. The van der Waals surface area contributed by atoms with Crippen molar-refractivity contribution in [2.75, 3.05) is 25.5 Å². The van der Waals surface area contributed by atoms with Gasteiger partial charge in [-0.1, -0.05) is 19.0 Å². The average Bonchev–Trinajstić information content (AvgIpc) is 3.30. The number of anilines is 1. The molecule has 28 heavy (non-hydrogen) atoms. The fourth-order valence-corrected chi connectivity index (χ4v) is 3.00. The predicted octanol–water partition coefficient (Wildman–Crippen LogP) is 1.25. The molecule has 0 saturated carbocycles. The van der Waals surface area contributed by atoms with Crippen LogP contribution in [0.5, 0.6) is 0 Å². The van der Waals surface area contributed by atoms with Crippen LogP contribution in [-0.4, -0.2) is 51.0 Å². The Kier molecular flexibility index (Phi) is 6.41. The lowest BCUT2D eigenvalue weighted by Gasteiger charge is -2.13. The molecule has 0 amide bonds. The van der Waals surface area contributed by atoms with Gasteiger partial charge in [-0.2, -0.15) is 5.10 Å². The molecule has 0 aromatic carbocycles. The maximum Gasteiger partial charge on any atom is 0.191 e. The third-order valence-electron chi connectivity index (χ3n) is 4.50. The lowest BCUT2D eigenvalue weighted by atomic mass is 10.1. The second kappa shape index (κ2) is 9.16. The number of aryl methyl sites for hydroxylation is 3. The summed E-state index contributed by atoms with van der Waals surface area (Å²) in [6.07, 6.45) is 4.97. The number of hydrogen-bond donors (Lipinski definition) is 3. The summed E-state index contributed by atoms with van der Waals surface area (Å²) in [4.78, 5) is 12.8. The van der Waals surface area contributed by atoms with Crippen molar-refractivity contribution in [2.24, 2.45) is 12.0 Å². The number of nitrogens with one attached hydrogen (secondary N) is 3. The van der Waals surface area contributed by atoms with Crippen molar-refractivity contribution < 1.29 is 4.52 Å². The molecule has 0 aliphatic carbocycles. The van der Waals surface area contributed by atoms with Gasteiger partial charge in [-0.05, 0) is 6.42 Å². The largest absolute Gasteiger partial charge is 0.368 e. The third-order valence-corrected chi connectivity index (χ3v) is 4.50. The van der Waals surface area contributed by atoms with Gasteiger partial charge in [0.2, 0.25) is 0 Å². The van der Waals surface area contributed by atoms with E-state index in [2.05, 4.69) is 55.0 Å². The van der Waals surface area contributed by atoms with Crippen LogP contribution < -0.4 is 16.0 Å². The zero-order valence-electron chi connectivity index (χ0n) is 16.8. The van der Waals surface area contributed by atoms with Gasteiger partial charge in [-0.25, -0.2) is 9.97 Å².